The normalized spacial score (nSPS) is 21.6. The topological polar surface area (TPSA) is 67.5 Å². The molecule has 1 aliphatic carbocycles. The minimum atomic E-state index is -0.126. The first-order chi connectivity index (χ1) is 19.0. The van der Waals surface area contributed by atoms with E-state index in [0.717, 1.165) is 49.5 Å². The van der Waals surface area contributed by atoms with Crippen LogP contribution in [0.3, 0.4) is 0 Å². The second-order valence-electron chi connectivity index (χ2n) is 12.2. The highest BCUT2D eigenvalue weighted by molar-refractivity contribution is 6.03. The van der Waals surface area contributed by atoms with Crippen molar-refractivity contribution in [3.05, 3.63) is 94.4 Å². The molecule has 0 aromatic heterocycles. The van der Waals surface area contributed by atoms with Crippen LogP contribution in [-0.4, -0.2) is 30.5 Å². The maximum Gasteiger partial charge on any atom is 0.209 e. The zero-order chi connectivity index (χ0) is 28.8. The number of ether oxygens (including phenoxy) is 1. The number of likely N-dealkylation sites (N-methyl/N-ethyl adjacent to an activating group) is 1. The smallest absolute Gasteiger partial charge is 0.209 e. The number of allylic oxidation sites excluding steroid dienone is 7. The molecule has 5 rings (SSSR count). The number of nitrogens with zero attached hydrogens (tertiary/aromatic N) is 2. The van der Waals surface area contributed by atoms with Gasteiger partial charge in [-0.3, -0.25) is 0 Å². The fourth-order valence-electron chi connectivity index (χ4n) is 6.91. The van der Waals surface area contributed by atoms with Crippen LogP contribution >= 0.6 is 0 Å². The van der Waals surface area contributed by atoms with Gasteiger partial charge in [0.15, 0.2) is 5.71 Å². The summed E-state index contributed by atoms with van der Waals surface area (Å²) >= 11 is 0. The molecule has 0 amide bonds. The molecule has 2 aromatic rings. The number of nitrogens with two attached hydrogens (primary N) is 2. The Hall–Kier alpha value is -3.73. The number of hydrogen-bond donors (Lipinski definition) is 2. The molecule has 0 bridgehead atoms. The molecule has 5 heteroatoms. The molecular weight excluding hydrogens is 492 g/mol. The lowest BCUT2D eigenvalue weighted by atomic mass is 9.81. The minimum absolute atomic E-state index is 0.126. The van der Waals surface area contributed by atoms with E-state index < -0.39 is 0 Å². The van der Waals surface area contributed by atoms with E-state index >= 15 is 0 Å². The Morgan fingerprint density at radius 2 is 1.60 bits per heavy atom. The van der Waals surface area contributed by atoms with E-state index in [1.807, 2.05) is 12.1 Å². The van der Waals surface area contributed by atoms with Crippen LogP contribution in [0.25, 0.3) is 0 Å². The standard InChI is InChI=1S/C35H45N4O/c1-8-38-29-17-15-25(36)21-27(29)34(3,4)31(38)19-13-23-11-10-12-24(33(23)40-7)14-20-32-35(5,6)28-22-26(37)16-18-30(28)39(32)9-2/h13-22H,8-12,36-37H2,1-7H3/q+1. The molecule has 40 heavy (non-hydrogen) atoms. The van der Waals surface area contributed by atoms with Crippen molar-refractivity contribution in [3.63, 3.8) is 0 Å². The van der Waals surface area contributed by atoms with E-state index in [0.29, 0.717) is 0 Å². The summed E-state index contributed by atoms with van der Waals surface area (Å²) in [7, 11) is 1.80. The van der Waals surface area contributed by atoms with Crippen molar-refractivity contribution in [1.29, 1.82) is 0 Å². The van der Waals surface area contributed by atoms with Gasteiger partial charge in [-0.2, -0.15) is 4.58 Å². The van der Waals surface area contributed by atoms with Gasteiger partial charge in [-0.15, -0.1) is 0 Å². The quantitative estimate of drug-likeness (QED) is 0.295. The summed E-state index contributed by atoms with van der Waals surface area (Å²) in [4.78, 5) is 2.41. The molecule has 210 valence electrons. The van der Waals surface area contributed by atoms with Crippen molar-refractivity contribution in [2.75, 3.05) is 36.6 Å². The molecule has 0 saturated heterocycles. The predicted octanol–water partition coefficient (Wildman–Crippen LogP) is 7.52. The van der Waals surface area contributed by atoms with Gasteiger partial charge in [-0.05, 0) is 106 Å². The van der Waals surface area contributed by atoms with E-state index in [2.05, 4.69) is 99.6 Å². The fourth-order valence-corrected chi connectivity index (χ4v) is 6.91. The van der Waals surface area contributed by atoms with Crippen LogP contribution in [0.5, 0.6) is 0 Å². The van der Waals surface area contributed by atoms with Crippen molar-refractivity contribution in [1.82, 2.24) is 0 Å². The van der Waals surface area contributed by atoms with Crippen molar-refractivity contribution in [3.8, 4) is 0 Å². The van der Waals surface area contributed by atoms with Gasteiger partial charge in [-0.1, -0.05) is 19.9 Å². The summed E-state index contributed by atoms with van der Waals surface area (Å²) in [5.74, 6) is 1.00. The van der Waals surface area contributed by atoms with Crippen LogP contribution in [0.4, 0.5) is 22.7 Å². The average Bonchev–Trinajstić information content (AvgIpc) is 3.27. The van der Waals surface area contributed by atoms with E-state index in [4.69, 9.17) is 16.2 Å². The van der Waals surface area contributed by atoms with Crippen LogP contribution in [-0.2, 0) is 15.6 Å². The Balaban J connectivity index is 1.52. The van der Waals surface area contributed by atoms with Gasteiger partial charge in [0.05, 0.1) is 12.5 Å². The molecule has 2 aliphatic heterocycles. The number of benzene rings is 2. The Morgan fingerprint density at radius 3 is 2.27 bits per heavy atom. The van der Waals surface area contributed by atoms with Gasteiger partial charge in [0.25, 0.3) is 0 Å². The Morgan fingerprint density at radius 1 is 0.900 bits per heavy atom. The minimum Gasteiger partial charge on any atom is -0.496 e. The first-order valence-corrected chi connectivity index (χ1v) is 14.6. The van der Waals surface area contributed by atoms with Gasteiger partial charge in [0, 0.05) is 52.4 Å². The summed E-state index contributed by atoms with van der Waals surface area (Å²) in [6.45, 7) is 15.4. The molecule has 0 atom stereocenters. The summed E-state index contributed by atoms with van der Waals surface area (Å²) in [6, 6.07) is 12.6. The van der Waals surface area contributed by atoms with Crippen LogP contribution in [0.1, 0.15) is 71.9 Å². The lowest BCUT2D eigenvalue weighted by molar-refractivity contribution is -0.433. The maximum atomic E-state index is 6.18. The molecule has 0 saturated carbocycles. The number of methoxy groups -OCH3 is 1. The second-order valence-corrected chi connectivity index (χ2v) is 12.2. The van der Waals surface area contributed by atoms with Crippen molar-refractivity contribution in [2.45, 2.75) is 71.6 Å². The van der Waals surface area contributed by atoms with E-state index in [1.165, 1.54) is 45.1 Å². The van der Waals surface area contributed by atoms with Gasteiger partial charge in [-0.25, -0.2) is 0 Å². The summed E-state index contributed by atoms with van der Waals surface area (Å²) in [6.07, 6.45) is 12.3. The van der Waals surface area contributed by atoms with E-state index in [9.17, 15) is 0 Å². The van der Waals surface area contributed by atoms with Gasteiger partial charge in [0.2, 0.25) is 5.69 Å². The van der Waals surface area contributed by atoms with Crippen LogP contribution < -0.4 is 16.4 Å². The monoisotopic (exact) mass is 537 g/mol. The number of nitrogen functional groups attached to an aromatic ring is 2. The van der Waals surface area contributed by atoms with Gasteiger partial charge < -0.3 is 21.1 Å². The second kappa shape index (κ2) is 10.3. The summed E-state index contributed by atoms with van der Waals surface area (Å²) < 4.78 is 8.48. The molecule has 5 nitrogen and oxygen atoms in total. The number of anilines is 3. The first-order valence-electron chi connectivity index (χ1n) is 14.6. The summed E-state index contributed by atoms with van der Waals surface area (Å²) in [5.41, 5.74) is 23.9. The lowest BCUT2D eigenvalue weighted by Crippen LogP contribution is -2.27. The number of rotatable bonds is 6. The first kappa shape index (κ1) is 27.8. The molecule has 0 fully saturated rings. The van der Waals surface area contributed by atoms with E-state index in [-0.39, 0.29) is 10.8 Å². The third-order valence-corrected chi connectivity index (χ3v) is 9.03. The van der Waals surface area contributed by atoms with Crippen molar-refractivity contribution < 1.29 is 9.31 Å². The van der Waals surface area contributed by atoms with Crippen LogP contribution in [0.15, 0.2) is 83.3 Å². The zero-order valence-electron chi connectivity index (χ0n) is 25.3. The van der Waals surface area contributed by atoms with Crippen molar-refractivity contribution >= 4 is 28.5 Å². The molecule has 0 unspecified atom stereocenters. The maximum absolute atomic E-state index is 6.18. The molecule has 0 radical (unpaired) electrons. The molecule has 2 heterocycles. The molecule has 0 spiro atoms. The van der Waals surface area contributed by atoms with Crippen LogP contribution in [0.2, 0.25) is 0 Å². The largest absolute Gasteiger partial charge is 0.496 e. The number of hydrogen-bond acceptors (Lipinski definition) is 4. The van der Waals surface area contributed by atoms with Gasteiger partial charge in [0.1, 0.15) is 12.3 Å². The third-order valence-electron chi connectivity index (χ3n) is 9.03. The zero-order valence-corrected chi connectivity index (χ0v) is 25.3. The molecule has 2 aromatic carbocycles. The van der Waals surface area contributed by atoms with E-state index in [1.54, 1.807) is 7.11 Å². The van der Waals surface area contributed by atoms with Gasteiger partial charge >= 0.3 is 0 Å². The SMILES string of the molecule is CCN1/C(=C\C=C2\CCCC(/C=C/C3=[N+](CC)c4ccc(N)cc4C3(C)C)=C2OC)C(C)(C)c2cc(N)ccc21. The highest BCUT2D eigenvalue weighted by Crippen LogP contribution is 2.48. The predicted molar refractivity (Wildman–Crippen MR) is 169 cm³/mol. The number of fused-ring (bicyclic) bond motifs is 2. The molecular formula is C35H45N4O+. The van der Waals surface area contributed by atoms with Crippen molar-refractivity contribution in [2.24, 2.45) is 0 Å². The fraction of sp³-hybridized carbons (Fsp3) is 0.400. The Labute approximate surface area is 240 Å². The summed E-state index contributed by atoms with van der Waals surface area (Å²) in [5, 5.41) is 0. The third kappa shape index (κ3) is 4.46. The Bertz CT molecular complexity index is 1500. The highest BCUT2D eigenvalue weighted by Gasteiger charge is 2.44. The molecule has 3 aliphatic rings. The lowest BCUT2D eigenvalue weighted by Gasteiger charge is -2.26. The Kier molecular flexibility index (Phi) is 7.20. The highest BCUT2D eigenvalue weighted by atomic mass is 16.5. The van der Waals surface area contributed by atoms with Crippen LogP contribution in [0, 0.1) is 0 Å². The molecule has 4 N–H and O–H groups in total. The average molecular weight is 538 g/mol.